The predicted octanol–water partition coefficient (Wildman–Crippen LogP) is 7.62. The second-order valence-corrected chi connectivity index (χ2v) is 10.00. The molecule has 208 valence electrons. The Labute approximate surface area is 230 Å². The number of alkyl halides is 6. The number of halogens is 7. The third-order valence-electron chi connectivity index (χ3n) is 5.67. The quantitative estimate of drug-likeness (QED) is 0.210. The second-order valence-electron chi connectivity index (χ2n) is 8.61. The van der Waals surface area contributed by atoms with E-state index in [1.54, 1.807) is 13.0 Å². The fourth-order valence-corrected chi connectivity index (χ4v) is 4.39. The van der Waals surface area contributed by atoms with E-state index in [0.29, 0.717) is 41.2 Å². The number of amides is 2. The minimum Gasteiger partial charge on any atom is -0.351 e. The number of carbonyl (C=O) groups is 2. The summed E-state index contributed by atoms with van der Waals surface area (Å²) in [6, 6.07) is 10.4. The largest absolute Gasteiger partial charge is 0.416 e. The van der Waals surface area contributed by atoms with Gasteiger partial charge in [-0.1, -0.05) is 29.8 Å². The molecule has 2 N–H and O–H groups in total. The van der Waals surface area contributed by atoms with Crippen LogP contribution in [0.3, 0.4) is 0 Å². The van der Waals surface area contributed by atoms with Crippen molar-refractivity contribution in [2.75, 3.05) is 23.9 Å². The van der Waals surface area contributed by atoms with Crippen LogP contribution < -0.4 is 10.6 Å². The molecule has 12 heteroatoms. The second kappa shape index (κ2) is 12.3. The highest BCUT2D eigenvalue weighted by Gasteiger charge is 2.36. The summed E-state index contributed by atoms with van der Waals surface area (Å²) >= 11 is 7.74. The Bertz CT molecular complexity index is 1340. The van der Waals surface area contributed by atoms with Crippen molar-refractivity contribution in [1.29, 1.82) is 0 Å². The van der Waals surface area contributed by atoms with Crippen molar-refractivity contribution in [2.45, 2.75) is 25.7 Å². The molecular formula is C27H23ClF6N2O2S. The van der Waals surface area contributed by atoms with Gasteiger partial charge in [0.15, 0.2) is 0 Å². The number of benzene rings is 3. The average Bonchev–Trinajstić information content (AvgIpc) is 2.84. The lowest BCUT2D eigenvalue weighted by Crippen LogP contribution is -2.28. The van der Waals surface area contributed by atoms with E-state index < -0.39 is 35.3 Å². The Kier molecular flexibility index (Phi) is 9.60. The summed E-state index contributed by atoms with van der Waals surface area (Å²) in [5.74, 6) is -0.455. The lowest BCUT2D eigenvalue weighted by atomic mass is 9.98. The van der Waals surface area contributed by atoms with E-state index in [-0.39, 0.29) is 34.2 Å². The minimum atomic E-state index is -4.94. The zero-order valence-electron chi connectivity index (χ0n) is 20.7. The van der Waals surface area contributed by atoms with Gasteiger partial charge in [-0.3, -0.25) is 9.59 Å². The van der Waals surface area contributed by atoms with Gasteiger partial charge in [-0.25, -0.2) is 0 Å². The van der Waals surface area contributed by atoms with Crippen LogP contribution in [-0.2, 0) is 18.8 Å². The molecule has 0 heterocycles. The molecule has 3 aromatic carbocycles. The fourth-order valence-electron chi connectivity index (χ4n) is 3.82. The summed E-state index contributed by atoms with van der Waals surface area (Å²) < 4.78 is 79.2. The molecule has 0 atom stereocenters. The van der Waals surface area contributed by atoms with Crippen molar-refractivity contribution in [3.05, 3.63) is 98.6 Å². The maximum absolute atomic E-state index is 13.2. The van der Waals surface area contributed by atoms with Gasteiger partial charge in [-0.15, -0.1) is 0 Å². The highest BCUT2D eigenvalue weighted by molar-refractivity contribution is 7.98. The highest BCUT2D eigenvalue weighted by atomic mass is 35.5. The number of rotatable bonds is 8. The van der Waals surface area contributed by atoms with Crippen LogP contribution in [0.4, 0.5) is 32.0 Å². The van der Waals surface area contributed by atoms with Crippen LogP contribution >= 0.6 is 23.4 Å². The number of thioether (sulfide) groups is 1. The number of carbonyl (C=O) groups excluding carboxylic acids is 2. The predicted molar refractivity (Wildman–Crippen MR) is 141 cm³/mol. The van der Waals surface area contributed by atoms with Crippen molar-refractivity contribution < 1.29 is 35.9 Å². The van der Waals surface area contributed by atoms with Crippen LogP contribution in [0.15, 0.2) is 54.6 Å². The Morgan fingerprint density at radius 3 is 2.08 bits per heavy atom. The summed E-state index contributed by atoms with van der Waals surface area (Å²) in [5.41, 5.74) is -1.59. The van der Waals surface area contributed by atoms with E-state index in [1.807, 2.05) is 6.26 Å². The van der Waals surface area contributed by atoms with Crippen LogP contribution in [0.2, 0.25) is 5.02 Å². The molecule has 0 saturated carbocycles. The maximum atomic E-state index is 13.2. The third kappa shape index (κ3) is 7.92. The van der Waals surface area contributed by atoms with Crippen LogP contribution in [0.5, 0.6) is 0 Å². The van der Waals surface area contributed by atoms with E-state index in [0.717, 1.165) is 0 Å². The van der Waals surface area contributed by atoms with Crippen LogP contribution in [0.1, 0.15) is 48.5 Å². The van der Waals surface area contributed by atoms with Gasteiger partial charge in [0.1, 0.15) is 0 Å². The van der Waals surface area contributed by atoms with E-state index in [1.165, 1.54) is 42.1 Å². The lowest BCUT2D eigenvalue weighted by molar-refractivity contribution is -0.143. The fraction of sp³-hybridized carbons (Fsp3) is 0.259. The molecule has 0 aromatic heterocycles. The van der Waals surface area contributed by atoms with Crippen molar-refractivity contribution >= 4 is 40.9 Å². The number of nitrogens with one attached hydrogen (secondary N) is 2. The highest BCUT2D eigenvalue weighted by Crippen LogP contribution is 2.37. The zero-order chi connectivity index (χ0) is 29.0. The Morgan fingerprint density at radius 2 is 1.51 bits per heavy atom. The molecule has 0 unspecified atom stereocenters. The van der Waals surface area contributed by atoms with Gasteiger partial charge in [0.25, 0.3) is 11.8 Å². The summed E-state index contributed by atoms with van der Waals surface area (Å²) in [6.45, 7) is 2.00. The molecule has 3 aromatic rings. The number of hydrogen-bond donors (Lipinski definition) is 2. The lowest BCUT2D eigenvalue weighted by Gasteiger charge is -2.15. The van der Waals surface area contributed by atoms with Crippen molar-refractivity contribution in [3.8, 4) is 0 Å². The number of anilines is 1. The molecule has 0 spiro atoms. The SMILES string of the molecule is CSCCNC(=O)c1c(Cl)cccc1C(=O)Nc1ccc(Cc2cc(C(F)(F)F)cc(C(F)(F)F)c2)cc1C. The molecule has 0 radical (unpaired) electrons. The van der Waals surface area contributed by atoms with Crippen LogP contribution in [0.25, 0.3) is 0 Å². The first-order valence-corrected chi connectivity index (χ1v) is 13.2. The summed E-state index contributed by atoms with van der Waals surface area (Å²) in [4.78, 5) is 25.7. The van der Waals surface area contributed by atoms with Gasteiger partial charge in [-0.05, 0) is 72.7 Å². The minimum absolute atomic E-state index is 0.0112. The summed E-state index contributed by atoms with van der Waals surface area (Å²) in [5, 5.41) is 5.48. The smallest absolute Gasteiger partial charge is 0.351 e. The summed E-state index contributed by atoms with van der Waals surface area (Å²) in [6.07, 6.45) is -8.19. The first-order valence-electron chi connectivity index (χ1n) is 11.5. The van der Waals surface area contributed by atoms with Crippen molar-refractivity contribution in [1.82, 2.24) is 5.32 Å². The maximum Gasteiger partial charge on any atom is 0.416 e. The first-order chi connectivity index (χ1) is 18.2. The Balaban J connectivity index is 1.84. The number of hydrogen-bond acceptors (Lipinski definition) is 3. The van der Waals surface area contributed by atoms with Crippen molar-refractivity contribution in [3.63, 3.8) is 0 Å². The standard InChI is InChI=1S/C27H23ClF6N2O2S/c1-15-10-16(11-17-12-18(26(29,30)31)14-19(13-17)27(32,33)34)6-7-22(15)36-24(37)20-4-3-5-21(28)23(20)25(38)35-8-9-39-2/h3-7,10,12-14H,8-9,11H2,1-2H3,(H,35,38)(H,36,37). The van der Waals surface area contributed by atoms with Gasteiger partial charge in [0, 0.05) is 18.0 Å². The van der Waals surface area contributed by atoms with Gasteiger partial charge >= 0.3 is 12.4 Å². The van der Waals surface area contributed by atoms with Gasteiger partial charge in [0.05, 0.1) is 27.3 Å². The molecule has 4 nitrogen and oxygen atoms in total. The monoisotopic (exact) mass is 588 g/mol. The van der Waals surface area contributed by atoms with Gasteiger partial charge < -0.3 is 10.6 Å². The Hall–Kier alpha value is -3.18. The molecule has 0 aliphatic carbocycles. The van der Waals surface area contributed by atoms with E-state index >= 15 is 0 Å². The molecule has 0 aliphatic rings. The first kappa shape index (κ1) is 30.4. The normalized spacial score (nSPS) is 11.8. The summed E-state index contributed by atoms with van der Waals surface area (Å²) in [7, 11) is 0. The number of aryl methyl sites for hydroxylation is 1. The molecule has 3 rings (SSSR count). The van der Waals surface area contributed by atoms with Crippen LogP contribution in [0, 0.1) is 6.92 Å². The van der Waals surface area contributed by atoms with E-state index in [9.17, 15) is 35.9 Å². The molecule has 2 amide bonds. The Morgan fingerprint density at radius 1 is 0.872 bits per heavy atom. The molecule has 0 aliphatic heterocycles. The molecular weight excluding hydrogens is 566 g/mol. The van der Waals surface area contributed by atoms with E-state index in [2.05, 4.69) is 10.6 Å². The molecule has 0 fully saturated rings. The average molecular weight is 589 g/mol. The zero-order valence-corrected chi connectivity index (χ0v) is 22.3. The molecule has 39 heavy (non-hydrogen) atoms. The topological polar surface area (TPSA) is 58.2 Å². The molecule has 0 bridgehead atoms. The van der Waals surface area contributed by atoms with Gasteiger partial charge in [0.2, 0.25) is 0 Å². The van der Waals surface area contributed by atoms with Crippen LogP contribution in [-0.4, -0.2) is 30.4 Å². The third-order valence-corrected chi connectivity index (χ3v) is 6.60. The van der Waals surface area contributed by atoms with Crippen molar-refractivity contribution in [2.24, 2.45) is 0 Å². The van der Waals surface area contributed by atoms with Gasteiger partial charge in [-0.2, -0.15) is 38.1 Å². The van der Waals surface area contributed by atoms with E-state index in [4.69, 9.17) is 11.6 Å². The molecule has 0 saturated heterocycles.